The van der Waals surface area contributed by atoms with E-state index in [0.717, 1.165) is 16.9 Å². The van der Waals surface area contributed by atoms with Gasteiger partial charge in [0.25, 0.3) is 0 Å². The fourth-order valence-electron chi connectivity index (χ4n) is 0.974. The molecule has 0 spiro atoms. The standard InChI is InChI=1S/C14H14O/c1-12(2)6-4-5-7-13-8-10-14(15-3)11-9-13/h4,8-11H,1-3H3. The van der Waals surface area contributed by atoms with Gasteiger partial charge in [-0.3, -0.25) is 0 Å². The maximum atomic E-state index is 5.05. The number of allylic oxidation sites excluding steroid dienone is 1. The number of hydrogen-bond donors (Lipinski definition) is 0. The van der Waals surface area contributed by atoms with Crippen molar-refractivity contribution in [1.29, 1.82) is 0 Å². The summed E-state index contributed by atoms with van der Waals surface area (Å²) in [7, 11) is 1.65. The van der Waals surface area contributed by atoms with E-state index in [2.05, 4.69) is 17.6 Å². The average molecular weight is 198 g/mol. The Morgan fingerprint density at radius 2 is 1.87 bits per heavy atom. The highest BCUT2D eigenvalue weighted by Gasteiger charge is 1.88. The number of methoxy groups -OCH3 is 1. The highest BCUT2D eigenvalue weighted by Crippen LogP contribution is 2.09. The molecule has 0 saturated carbocycles. The van der Waals surface area contributed by atoms with Crippen LogP contribution in [-0.4, -0.2) is 7.11 Å². The highest BCUT2D eigenvalue weighted by atomic mass is 16.5. The van der Waals surface area contributed by atoms with Crippen molar-refractivity contribution >= 4 is 0 Å². The maximum Gasteiger partial charge on any atom is 0.118 e. The molecule has 0 aliphatic heterocycles. The lowest BCUT2D eigenvalue weighted by atomic mass is 10.2. The first-order valence-electron chi connectivity index (χ1n) is 4.76. The Morgan fingerprint density at radius 3 is 2.40 bits per heavy atom. The Balaban J connectivity index is 2.77. The molecule has 1 rings (SSSR count). The van der Waals surface area contributed by atoms with Gasteiger partial charge in [0.1, 0.15) is 5.75 Å². The molecule has 0 atom stereocenters. The SMILES string of the molecule is COc1ccc(C#CC=C=C(C)C)cc1. The summed E-state index contributed by atoms with van der Waals surface area (Å²) in [4.78, 5) is 0. The van der Waals surface area contributed by atoms with E-state index in [1.807, 2.05) is 38.1 Å². The number of rotatable bonds is 1. The topological polar surface area (TPSA) is 9.23 Å². The summed E-state index contributed by atoms with van der Waals surface area (Å²) in [6.45, 7) is 3.98. The van der Waals surface area contributed by atoms with Crippen molar-refractivity contribution < 1.29 is 4.74 Å². The van der Waals surface area contributed by atoms with E-state index in [1.54, 1.807) is 13.2 Å². The van der Waals surface area contributed by atoms with Gasteiger partial charge in [0, 0.05) is 11.6 Å². The third kappa shape index (κ3) is 4.22. The monoisotopic (exact) mass is 198 g/mol. The van der Waals surface area contributed by atoms with E-state index >= 15 is 0 Å². The molecule has 1 heteroatoms. The summed E-state index contributed by atoms with van der Waals surface area (Å²) in [5.41, 5.74) is 5.13. The molecule has 76 valence electrons. The van der Waals surface area contributed by atoms with Crippen molar-refractivity contribution in [1.82, 2.24) is 0 Å². The normalized spacial score (nSPS) is 8.20. The third-order valence-electron chi connectivity index (χ3n) is 1.74. The van der Waals surface area contributed by atoms with Gasteiger partial charge in [-0.2, -0.15) is 0 Å². The van der Waals surface area contributed by atoms with Gasteiger partial charge in [0.2, 0.25) is 0 Å². The van der Waals surface area contributed by atoms with Crippen LogP contribution < -0.4 is 4.74 Å². The van der Waals surface area contributed by atoms with Crippen molar-refractivity contribution in [3.63, 3.8) is 0 Å². The Kier molecular flexibility index (Phi) is 4.29. The van der Waals surface area contributed by atoms with Crippen LogP contribution in [0.15, 0.2) is 41.6 Å². The third-order valence-corrected chi connectivity index (χ3v) is 1.74. The first-order chi connectivity index (χ1) is 7.22. The van der Waals surface area contributed by atoms with Crippen molar-refractivity contribution in [2.75, 3.05) is 7.11 Å². The molecule has 0 radical (unpaired) electrons. The number of hydrogen-bond acceptors (Lipinski definition) is 1. The molecule has 0 aliphatic carbocycles. The molecule has 0 heterocycles. The molecule has 0 bridgehead atoms. The fraction of sp³-hybridized carbons (Fsp3) is 0.214. The van der Waals surface area contributed by atoms with Gasteiger partial charge in [-0.25, -0.2) is 0 Å². The predicted molar refractivity (Wildman–Crippen MR) is 62.8 cm³/mol. The zero-order valence-electron chi connectivity index (χ0n) is 9.29. The van der Waals surface area contributed by atoms with Gasteiger partial charge in [-0.1, -0.05) is 11.8 Å². The van der Waals surface area contributed by atoms with Crippen LogP contribution in [0.4, 0.5) is 0 Å². The second-order valence-electron chi connectivity index (χ2n) is 3.29. The Morgan fingerprint density at radius 1 is 1.20 bits per heavy atom. The van der Waals surface area contributed by atoms with Crippen LogP contribution in [0.1, 0.15) is 19.4 Å². The summed E-state index contributed by atoms with van der Waals surface area (Å²) < 4.78 is 5.05. The largest absolute Gasteiger partial charge is 0.497 e. The summed E-state index contributed by atoms with van der Waals surface area (Å²) in [5.74, 6) is 6.78. The summed E-state index contributed by atoms with van der Waals surface area (Å²) in [6.07, 6.45) is 1.74. The Labute approximate surface area is 91.1 Å². The predicted octanol–water partition coefficient (Wildman–Crippen LogP) is 3.17. The number of ether oxygens (including phenoxy) is 1. The smallest absolute Gasteiger partial charge is 0.118 e. The average Bonchev–Trinajstić information content (AvgIpc) is 2.25. The van der Waals surface area contributed by atoms with E-state index in [-0.39, 0.29) is 0 Å². The molecule has 0 unspecified atom stereocenters. The van der Waals surface area contributed by atoms with Crippen LogP contribution in [0, 0.1) is 11.8 Å². The molecule has 0 saturated heterocycles. The molecule has 1 aromatic carbocycles. The van der Waals surface area contributed by atoms with Crippen molar-refractivity contribution in [2.24, 2.45) is 0 Å². The Hall–Kier alpha value is -1.90. The van der Waals surface area contributed by atoms with Crippen molar-refractivity contribution in [3.8, 4) is 17.6 Å². The van der Waals surface area contributed by atoms with E-state index in [4.69, 9.17) is 4.74 Å². The van der Waals surface area contributed by atoms with Crippen LogP contribution in [0.2, 0.25) is 0 Å². The number of benzene rings is 1. The zero-order valence-corrected chi connectivity index (χ0v) is 9.29. The van der Waals surface area contributed by atoms with E-state index in [0.29, 0.717) is 0 Å². The van der Waals surface area contributed by atoms with Crippen LogP contribution >= 0.6 is 0 Å². The first kappa shape index (κ1) is 11.2. The van der Waals surface area contributed by atoms with Gasteiger partial charge in [-0.05, 0) is 43.7 Å². The quantitative estimate of drug-likeness (QED) is 0.497. The molecule has 1 aromatic rings. The van der Waals surface area contributed by atoms with Crippen LogP contribution in [-0.2, 0) is 0 Å². The lowest BCUT2D eigenvalue weighted by Crippen LogP contribution is -1.81. The van der Waals surface area contributed by atoms with Crippen molar-refractivity contribution in [3.05, 3.63) is 47.2 Å². The summed E-state index contributed by atoms with van der Waals surface area (Å²) >= 11 is 0. The molecule has 0 aliphatic rings. The summed E-state index contributed by atoms with van der Waals surface area (Å²) in [5, 5.41) is 0. The molecule has 0 fully saturated rings. The van der Waals surface area contributed by atoms with Gasteiger partial charge < -0.3 is 4.74 Å². The van der Waals surface area contributed by atoms with E-state index in [9.17, 15) is 0 Å². The van der Waals surface area contributed by atoms with E-state index < -0.39 is 0 Å². The maximum absolute atomic E-state index is 5.05. The lowest BCUT2D eigenvalue weighted by molar-refractivity contribution is 0.415. The minimum Gasteiger partial charge on any atom is -0.497 e. The first-order valence-corrected chi connectivity index (χ1v) is 4.76. The molecular formula is C14H14O. The van der Waals surface area contributed by atoms with Gasteiger partial charge in [-0.15, -0.1) is 5.73 Å². The lowest BCUT2D eigenvalue weighted by Gasteiger charge is -1.97. The van der Waals surface area contributed by atoms with Crippen LogP contribution in [0.5, 0.6) is 5.75 Å². The molecule has 0 N–H and O–H groups in total. The summed E-state index contributed by atoms with van der Waals surface area (Å²) in [6, 6.07) is 7.66. The second-order valence-corrected chi connectivity index (χ2v) is 3.29. The van der Waals surface area contributed by atoms with Gasteiger partial charge >= 0.3 is 0 Å². The Bertz CT molecular complexity index is 430. The molecule has 1 nitrogen and oxygen atoms in total. The molecular weight excluding hydrogens is 184 g/mol. The zero-order chi connectivity index (χ0) is 11.1. The highest BCUT2D eigenvalue weighted by molar-refractivity contribution is 5.40. The van der Waals surface area contributed by atoms with Gasteiger partial charge in [0.15, 0.2) is 0 Å². The molecule has 0 amide bonds. The molecule has 0 aromatic heterocycles. The van der Waals surface area contributed by atoms with Crippen molar-refractivity contribution in [2.45, 2.75) is 13.8 Å². The van der Waals surface area contributed by atoms with Gasteiger partial charge in [0.05, 0.1) is 7.11 Å². The van der Waals surface area contributed by atoms with Crippen LogP contribution in [0.3, 0.4) is 0 Å². The second kappa shape index (κ2) is 5.75. The van der Waals surface area contributed by atoms with E-state index in [1.165, 1.54) is 0 Å². The van der Waals surface area contributed by atoms with Crippen LogP contribution in [0.25, 0.3) is 0 Å². The minimum absolute atomic E-state index is 0.848. The fourth-order valence-corrected chi connectivity index (χ4v) is 0.974. The molecule has 15 heavy (non-hydrogen) atoms. The minimum atomic E-state index is 0.848.